The summed E-state index contributed by atoms with van der Waals surface area (Å²) in [7, 11) is 3.03. The van der Waals surface area contributed by atoms with E-state index in [1.54, 1.807) is 48.5 Å². The third kappa shape index (κ3) is 4.76. The van der Waals surface area contributed by atoms with E-state index in [4.69, 9.17) is 21.1 Å². The zero-order chi connectivity index (χ0) is 26.0. The predicted octanol–water partition coefficient (Wildman–Crippen LogP) is 5.01. The van der Waals surface area contributed by atoms with Crippen LogP contribution in [-0.2, 0) is 9.59 Å². The number of amides is 3. The van der Waals surface area contributed by atoms with Gasteiger partial charge < -0.3 is 20.1 Å². The van der Waals surface area contributed by atoms with E-state index >= 15 is 0 Å². The fraction of sp³-hybridized carbons (Fsp3) is 0.148. The minimum atomic E-state index is -0.616. The van der Waals surface area contributed by atoms with Gasteiger partial charge in [0.15, 0.2) is 0 Å². The summed E-state index contributed by atoms with van der Waals surface area (Å²) in [5, 5.41) is 5.48. The van der Waals surface area contributed by atoms with Crippen molar-refractivity contribution < 1.29 is 23.9 Å². The number of benzene rings is 3. The molecule has 4 rings (SSSR count). The SMILES string of the molecule is COc1ccc(OC)c(NC(=O)c2cccc(NC3=C(Cl)C(=O)N(c4ccc(C)cc4C)C3=O)c2)c1. The van der Waals surface area contributed by atoms with Crippen LogP contribution in [0.15, 0.2) is 71.4 Å². The van der Waals surface area contributed by atoms with Crippen molar-refractivity contribution in [2.24, 2.45) is 0 Å². The molecule has 1 heterocycles. The van der Waals surface area contributed by atoms with Gasteiger partial charge in [-0.15, -0.1) is 0 Å². The van der Waals surface area contributed by atoms with Crippen molar-refractivity contribution >= 4 is 46.4 Å². The molecule has 0 saturated heterocycles. The van der Waals surface area contributed by atoms with E-state index in [0.29, 0.717) is 34.1 Å². The normalized spacial score (nSPS) is 13.2. The van der Waals surface area contributed by atoms with Crippen LogP contribution in [0.25, 0.3) is 0 Å². The third-order valence-corrected chi connectivity index (χ3v) is 6.02. The molecule has 0 unspecified atom stereocenters. The molecule has 36 heavy (non-hydrogen) atoms. The van der Waals surface area contributed by atoms with Crippen LogP contribution in [0.3, 0.4) is 0 Å². The standard InChI is InChI=1S/C27H24ClN3O5/c1-15-8-10-21(16(2)12-15)31-26(33)23(28)24(27(31)34)29-18-7-5-6-17(13-18)25(32)30-20-14-19(35-3)9-11-22(20)36-4/h5-14,29H,1-4H3,(H,30,32). The first-order valence-electron chi connectivity index (χ1n) is 11.0. The summed E-state index contributed by atoms with van der Waals surface area (Å²) < 4.78 is 10.5. The summed E-state index contributed by atoms with van der Waals surface area (Å²) in [5.41, 5.74) is 3.34. The van der Waals surface area contributed by atoms with Gasteiger partial charge in [-0.3, -0.25) is 14.4 Å². The molecule has 1 aliphatic rings. The van der Waals surface area contributed by atoms with Crippen LogP contribution in [0.1, 0.15) is 21.5 Å². The number of aryl methyl sites for hydroxylation is 2. The molecule has 1 aliphatic heterocycles. The zero-order valence-corrected chi connectivity index (χ0v) is 20.9. The molecular weight excluding hydrogens is 482 g/mol. The smallest absolute Gasteiger partial charge is 0.283 e. The fourth-order valence-electron chi connectivity index (χ4n) is 3.88. The summed E-state index contributed by atoms with van der Waals surface area (Å²) in [6, 6.07) is 17.0. The van der Waals surface area contributed by atoms with Gasteiger partial charge in [0.25, 0.3) is 17.7 Å². The monoisotopic (exact) mass is 505 g/mol. The first kappa shape index (κ1) is 24.8. The van der Waals surface area contributed by atoms with Crippen LogP contribution >= 0.6 is 11.6 Å². The molecule has 3 aromatic carbocycles. The van der Waals surface area contributed by atoms with E-state index in [2.05, 4.69) is 10.6 Å². The molecule has 0 bridgehead atoms. The number of anilines is 3. The van der Waals surface area contributed by atoms with Crippen molar-refractivity contribution in [2.45, 2.75) is 13.8 Å². The maximum absolute atomic E-state index is 13.2. The number of carbonyl (C=O) groups is 3. The highest BCUT2D eigenvalue weighted by Gasteiger charge is 2.39. The first-order valence-corrected chi connectivity index (χ1v) is 11.4. The number of rotatable bonds is 7. The van der Waals surface area contributed by atoms with Crippen LogP contribution in [0.5, 0.6) is 11.5 Å². The summed E-state index contributed by atoms with van der Waals surface area (Å²) in [6.07, 6.45) is 0. The second-order valence-electron chi connectivity index (χ2n) is 8.15. The highest BCUT2D eigenvalue weighted by molar-refractivity contribution is 6.53. The number of hydrogen-bond donors (Lipinski definition) is 2. The highest BCUT2D eigenvalue weighted by atomic mass is 35.5. The summed E-state index contributed by atoms with van der Waals surface area (Å²) in [6.45, 7) is 3.75. The van der Waals surface area contributed by atoms with E-state index in [0.717, 1.165) is 16.0 Å². The second-order valence-corrected chi connectivity index (χ2v) is 8.53. The lowest BCUT2D eigenvalue weighted by molar-refractivity contribution is -0.120. The van der Waals surface area contributed by atoms with Gasteiger partial charge in [0.2, 0.25) is 0 Å². The van der Waals surface area contributed by atoms with Crippen molar-refractivity contribution in [2.75, 3.05) is 29.8 Å². The zero-order valence-electron chi connectivity index (χ0n) is 20.1. The van der Waals surface area contributed by atoms with Crippen LogP contribution in [0.2, 0.25) is 0 Å². The molecular formula is C27H24ClN3O5. The van der Waals surface area contributed by atoms with Gasteiger partial charge in [0, 0.05) is 17.3 Å². The van der Waals surface area contributed by atoms with E-state index in [1.165, 1.54) is 14.2 Å². The molecule has 2 N–H and O–H groups in total. The Hall–Kier alpha value is -4.30. The average molecular weight is 506 g/mol. The lowest BCUT2D eigenvalue weighted by atomic mass is 10.1. The van der Waals surface area contributed by atoms with Crippen LogP contribution < -0.4 is 25.0 Å². The maximum atomic E-state index is 13.2. The van der Waals surface area contributed by atoms with E-state index < -0.39 is 17.7 Å². The van der Waals surface area contributed by atoms with Gasteiger partial charge >= 0.3 is 0 Å². The Kier molecular flexibility index (Phi) is 6.98. The van der Waals surface area contributed by atoms with Crippen LogP contribution in [0.4, 0.5) is 17.1 Å². The van der Waals surface area contributed by atoms with Gasteiger partial charge in [0.05, 0.1) is 25.6 Å². The third-order valence-electron chi connectivity index (χ3n) is 5.67. The largest absolute Gasteiger partial charge is 0.497 e. The first-order chi connectivity index (χ1) is 17.2. The minimum absolute atomic E-state index is 0.0614. The number of ether oxygens (including phenoxy) is 2. The number of nitrogens with one attached hydrogen (secondary N) is 2. The van der Waals surface area contributed by atoms with Crippen LogP contribution in [-0.4, -0.2) is 31.9 Å². The molecule has 0 radical (unpaired) electrons. The number of methoxy groups -OCH3 is 2. The number of halogens is 1. The Morgan fingerprint density at radius 2 is 1.69 bits per heavy atom. The molecule has 0 saturated carbocycles. The van der Waals surface area contributed by atoms with Gasteiger partial charge in [-0.25, -0.2) is 4.90 Å². The molecule has 0 aliphatic carbocycles. The van der Waals surface area contributed by atoms with Gasteiger partial charge in [0.1, 0.15) is 22.2 Å². The Morgan fingerprint density at radius 1 is 0.917 bits per heavy atom. The number of nitrogens with zero attached hydrogens (tertiary/aromatic N) is 1. The second kappa shape index (κ2) is 10.1. The molecule has 0 aromatic heterocycles. The average Bonchev–Trinajstić information content (AvgIpc) is 3.07. The van der Waals surface area contributed by atoms with Gasteiger partial charge in [-0.05, 0) is 55.8 Å². The number of imide groups is 1. The number of hydrogen-bond acceptors (Lipinski definition) is 6. The Morgan fingerprint density at radius 3 is 2.39 bits per heavy atom. The Bertz CT molecular complexity index is 1420. The molecule has 184 valence electrons. The Labute approximate surface area is 213 Å². The lowest BCUT2D eigenvalue weighted by Crippen LogP contribution is -2.32. The molecule has 0 atom stereocenters. The molecule has 0 spiro atoms. The van der Waals surface area contributed by atoms with Crippen molar-refractivity contribution in [3.8, 4) is 11.5 Å². The van der Waals surface area contributed by atoms with Crippen molar-refractivity contribution in [1.82, 2.24) is 0 Å². The molecule has 8 nitrogen and oxygen atoms in total. The Balaban J connectivity index is 1.56. The number of carbonyl (C=O) groups excluding carboxylic acids is 3. The summed E-state index contributed by atoms with van der Waals surface area (Å²) in [4.78, 5) is 40.0. The maximum Gasteiger partial charge on any atom is 0.283 e. The lowest BCUT2D eigenvalue weighted by Gasteiger charge is -2.18. The van der Waals surface area contributed by atoms with E-state index in [1.807, 2.05) is 26.0 Å². The molecule has 0 fully saturated rings. The summed E-state index contributed by atoms with van der Waals surface area (Å²) in [5.74, 6) is -0.572. The van der Waals surface area contributed by atoms with Crippen molar-refractivity contribution in [3.63, 3.8) is 0 Å². The highest BCUT2D eigenvalue weighted by Crippen LogP contribution is 2.33. The quantitative estimate of drug-likeness (QED) is 0.438. The van der Waals surface area contributed by atoms with Crippen molar-refractivity contribution in [3.05, 3.63) is 88.1 Å². The van der Waals surface area contributed by atoms with Gasteiger partial charge in [-0.1, -0.05) is 35.4 Å². The minimum Gasteiger partial charge on any atom is -0.497 e. The molecule has 9 heteroatoms. The summed E-state index contributed by atoms with van der Waals surface area (Å²) >= 11 is 6.27. The molecule has 3 aromatic rings. The van der Waals surface area contributed by atoms with E-state index in [-0.39, 0.29) is 10.7 Å². The molecule has 3 amide bonds. The van der Waals surface area contributed by atoms with Crippen LogP contribution in [0, 0.1) is 13.8 Å². The predicted molar refractivity (Wildman–Crippen MR) is 139 cm³/mol. The topological polar surface area (TPSA) is 97.0 Å². The van der Waals surface area contributed by atoms with Crippen molar-refractivity contribution in [1.29, 1.82) is 0 Å². The van der Waals surface area contributed by atoms with Gasteiger partial charge in [-0.2, -0.15) is 0 Å². The fourth-order valence-corrected chi connectivity index (χ4v) is 4.09. The van der Waals surface area contributed by atoms with E-state index in [9.17, 15) is 14.4 Å².